The van der Waals surface area contributed by atoms with Gasteiger partial charge in [-0.05, 0) is 31.4 Å². The van der Waals surface area contributed by atoms with Crippen LogP contribution >= 0.6 is 0 Å². The van der Waals surface area contributed by atoms with Crippen LogP contribution in [-0.2, 0) is 0 Å². The summed E-state index contributed by atoms with van der Waals surface area (Å²) in [7, 11) is 4.83. The van der Waals surface area contributed by atoms with Crippen LogP contribution in [-0.4, -0.2) is 45.6 Å². The van der Waals surface area contributed by atoms with E-state index in [2.05, 4.69) is 10.1 Å². The Balaban J connectivity index is 2.24. The number of rotatable bonds is 5. The van der Waals surface area contributed by atoms with E-state index in [0.717, 1.165) is 18.7 Å². The minimum Gasteiger partial charge on any atom is -0.493 e. The van der Waals surface area contributed by atoms with Crippen molar-refractivity contribution in [2.45, 2.75) is 19.3 Å². The molecule has 5 nitrogen and oxygen atoms in total. The molecule has 1 fully saturated rings. The topological polar surface area (TPSA) is 43.3 Å². The normalized spacial score (nSPS) is 15.4. The van der Waals surface area contributed by atoms with Crippen LogP contribution < -0.4 is 14.2 Å². The smallest absolute Gasteiger partial charge is 0.203 e. The minimum atomic E-state index is 0.595. The molecule has 2 rings (SSSR count). The van der Waals surface area contributed by atoms with E-state index >= 15 is 0 Å². The Morgan fingerprint density at radius 1 is 0.950 bits per heavy atom. The van der Waals surface area contributed by atoms with E-state index in [0.29, 0.717) is 17.2 Å². The van der Waals surface area contributed by atoms with Crippen molar-refractivity contribution in [3.63, 3.8) is 0 Å². The molecule has 0 N–H and O–H groups in total. The molecule has 20 heavy (non-hydrogen) atoms. The lowest BCUT2D eigenvalue weighted by molar-refractivity contribution is 0.240. The Bertz CT molecular complexity index is 468. The third-order valence-electron chi connectivity index (χ3n) is 3.43. The minimum absolute atomic E-state index is 0.595. The second-order valence-electron chi connectivity index (χ2n) is 4.68. The number of hydrogen-bond donors (Lipinski definition) is 0. The summed E-state index contributed by atoms with van der Waals surface area (Å²) >= 11 is 0. The molecule has 0 amide bonds. The first-order valence-corrected chi connectivity index (χ1v) is 6.88. The van der Waals surface area contributed by atoms with Crippen molar-refractivity contribution < 1.29 is 14.2 Å². The molecule has 1 aliphatic rings. The van der Waals surface area contributed by atoms with Gasteiger partial charge in [0.25, 0.3) is 0 Å². The molecule has 0 spiro atoms. The maximum absolute atomic E-state index is 5.43. The van der Waals surface area contributed by atoms with E-state index in [1.165, 1.54) is 19.3 Å². The highest BCUT2D eigenvalue weighted by Crippen LogP contribution is 2.39. The Labute approximate surface area is 120 Å². The SMILES string of the molecule is COc1ccc(C=NN2CCCCC2)c(OC)c1OC. The van der Waals surface area contributed by atoms with Gasteiger partial charge in [-0.2, -0.15) is 5.10 Å². The van der Waals surface area contributed by atoms with Gasteiger partial charge in [-0.1, -0.05) is 0 Å². The predicted octanol–water partition coefficient (Wildman–Crippen LogP) is 2.53. The fourth-order valence-corrected chi connectivity index (χ4v) is 2.36. The molecule has 1 aromatic rings. The van der Waals surface area contributed by atoms with E-state index in [1.807, 2.05) is 18.3 Å². The predicted molar refractivity (Wildman–Crippen MR) is 79.1 cm³/mol. The van der Waals surface area contributed by atoms with Crippen LogP contribution in [0, 0.1) is 0 Å². The summed E-state index contributed by atoms with van der Waals surface area (Å²) in [6, 6.07) is 3.78. The highest BCUT2D eigenvalue weighted by atomic mass is 16.5. The quantitative estimate of drug-likeness (QED) is 0.776. The fourth-order valence-electron chi connectivity index (χ4n) is 2.36. The number of benzene rings is 1. The van der Waals surface area contributed by atoms with Crippen molar-refractivity contribution >= 4 is 6.21 Å². The third-order valence-corrected chi connectivity index (χ3v) is 3.43. The first-order chi connectivity index (χ1) is 9.80. The molecule has 1 saturated heterocycles. The lowest BCUT2D eigenvalue weighted by Gasteiger charge is -2.23. The van der Waals surface area contributed by atoms with Gasteiger partial charge in [-0.3, -0.25) is 5.01 Å². The molecule has 110 valence electrons. The van der Waals surface area contributed by atoms with Crippen LogP contribution in [0.15, 0.2) is 17.2 Å². The number of hydrazone groups is 1. The highest BCUT2D eigenvalue weighted by molar-refractivity contribution is 5.86. The van der Waals surface area contributed by atoms with Gasteiger partial charge in [0.15, 0.2) is 11.5 Å². The van der Waals surface area contributed by atoms with Gasteiger partial charge in [0.1, 0.15) is 0 Å². The largest absolute Gasteiger partial charge is 0.493 e. The molecular weight excluding hydrogens is 256 g/mol. The summed E-state index contributed by atoms with van der Waals surface area (Å²) in [5.74, 6) is 1.89. The van der Waals surface area contributed by atoms with Crippen molar-refractivity contribution in [2.75, 3.05) is 34.4 Å². The van der Waals surface area contributed by atoms with Crippen molar-refractivity contribution in [1.82, 2.24) is 5.01 Å². The lowest BCUT2D eigenvalue weighted by Crippen LogP contribution is -2.24. The first-order valence-electron chi connectivity index (χ1n) is 6.88. The number of hydrogen-bond acceptors (Lipinski definition) is 5. The van der Waals surface area contributed by atoms with Crippen molar-refractivity contribution in [1.29, 1.82) is 0 Å². The van der Waals surface area contributed by atoms with Gasteiger partial charge in [-0.15, -0.1) is 0 Å². The van der Waals surface area contributed by atoms with Crippen LogP contribution in [0.3, 0.4) is 0 Å². The van der Waals surface area contributed by atoms with E-state index < -0.39 is 0 Å². The molecule has 1 aromatic carbocycles. The van der Waals surface area contributed by atoms with Crippen LogP contribution in [0.2, 0.25) is 0 Å². The molecule has 0 atom stereocenters. The molecular formula is C15H22N2O3. The van der Waals surface area contributed by atoms with Crippen LogP contribution in [0.4, 0.5) is 0 Å². The molecule has 0 aliphatic carbocycles. The lowest BCUT2D eigenvalue weighted by atomic mass is 10.1. The van der Waals surface area contributed by atoms with Crippen LogP contribution in [0.25, 0.3) is 0 Å². The van der Waals surface area contributed by atoms with E-state index in [-0.39, 0.29) is 0 Å². The maximum Gasteiger partial charge on any atom is 0.203 e. The molecule has 1 aliphatic heterocycles. The Hall–Kier alpha value is -1.91. The van der Waals surface area contributed by atoms with E-state index in [9.17, 15) is 0 Å². The average Bonchev–Trinajstić information content (AvgIpc) is 2.52. The molecule has 0 bridgehead atoms. The van der Waals surface area contributed by atoms with Gasteiger partial charge in [0, 0.05) is 18.7 Å². The van der Waals surface area contributed by atoms with Gasteiger partial charge < -0.3 is 14.2 Å². The summed E-state index contributed by atoms with van der Waals surface area (Å²) in [4.78, 5) is 0. The molecule has 0 aromatic heterocycles. The zero-order valence-corrected chi connectivity index (χ0v) is 12.4. The number of nitrogens with zero attached hydrogens (tertiary/aromatic N) is 2. The third kappa shape index (κ3) is 3.15. The number of piperidine rings is 1. The summed E-state index contributed by atoms with van der Waals surface area (Å²) in [6.45, 7) is 2.04. The summed E-state index contributed by atoms with van der Waals surface area (Å²) in [6.07, 6.45) is 5.54. The molecule has 5 heteroatoms. The summed E-state index contributed by atoms with van der Waals surface area (Å²) in [5, 5.41) is 6.62. The molecule has 0 radical (unpaired) electrons. The highest BCUT2D eigenvalue weighted by Gasteiger charge is 2.15. The van der Waals surface area contributed by atoms with Gasteiger partial charge >= 0.3 is 0 Å². The van der Waals surface area contributed by atoms with Gasteiger partial charge in [-0.25, -0.2) is 0 Å². The van der Waals surface area contributed by atoms with Crippen LogP contribution in [0.5, 0.6) is 17.2 Å². The monoisotopic (exact) mass is 278 g/mol. The van der Waals surface area contributed by atoms with Crippen molar-refractivity contribution in [3.05, 3.63) is 17.7 Å². The number of methoxy groups -OCH3 is 3. The fraction of sp³-hybridized carbons (Fsp3) is 0.533. The Morgan fingerprint density at radius 3 is 2.25 bits per heavy atom. The summed E-state index contributed by atoms with van der Waals surface area (Å²) < 4.78 is 16.1. The maximum atomic E-state index is 5.43. The zero-order valence-electron chi connectivity index (χ0n) is 12.4. The standard InChI is InChI=1S/C15H22N2O3/c1-18-13-8-7-12(14(19-2)15(13)20-3)11-16-17-9-5-4-6-10-17/h7-8,11H,4-6,9-10H2,1-3H3. The van der Waals surface area contributed by atoms with Gasteiger partial charge in [0.05, 0.1) is 27.5 Å². The first kappa shape index (κ1) is 14.5. The summed E-state index contributed by atoms with van der Waals surface area (Å²) in [5.41, 5.74) is 0.885. The van der Waals surface area contributed by atoms with Gasteiger partial charge in [0.2, 0.25) is 5.75 Å². The van der Waals surface area contributed by atoms with Crippen molar-refractivity contribution in [3.8, 4) is 17.2 Å². The zero-order chi connectivity index (χ0) is 14.4. The van der Waals surface area contributed by atoms with E-state index in [4.69, 9.17) is 14.2 Å². The molecule has 0 saturated carbocycles. The number of ether oxygens (including phenoxy) is 3. The molecule has 0 unspecified atom stereocenters. The Morgan fingerprint density at radius 2 is 1.65 bits per heavy atom. The average molecular weight is 278 g/mol. The van der Waals surface area contributed by atoms with E-state index in [1.54, 1.807) is 21.3 Å². The molecule has 1 heterocycles. The van der Waals surface area contributed by atoms with Crippen molar-refractivity contribution in [2.24, 2.45) is 5.10 Å². The second-order valence-corrected chi connectivity index (χ2v) is 4.68. The Kier molecular flexibility index (Phi) is 5.09. The second kappa shape index (κ2) is 7.03. The van der Waals surface area contributed by atoms with Crippen LogP contribution in [0.1, 0.15) is 24.8 Å².